The number of ether oxygens (including phenoxy) is 1. The van der Waals surface area contributed by atoms with Crippen LogP contribution in [0.3, 0.4) is 0 Å². The highest BCUT2D eigenvalue weighted by Crippen LogP contribution is 2.12. The van der Waals surface area contributed by atoms with E-state index in [1.165, 1.54) is 4.90 Å². The quantitative estimate of drug-likeness (QED) is 0.301. The molecule has 0 aliphatic carbocycles. The zero-order valence-electron chi connectivity index (χ0n) is 15.5. The number of carbonyl (C=O) groups excluding carboxylic acids is 1. The molecule has 0 fully saturated rings. The van der Waals surface area contributed by atoms with Gasteiger partial charge in [-0.05, 0) is 26.2 Å². The lowest BCUT2D eigenvalue weighted by Crippen LogP contribution is -3.12. The SMILES string of the molecule is C=C(C)C(=O)OC(C)C(C)CC[NH+](CCCC)CCCS(=O)(=O)[O-]. The second kappa shape index (κ2) is 11.6. The van der Waals surface area contributed by atoms with E-state index in [0.29, 0.717) is 18.5 Å². The van der Waals surface area contributed by atoms with Crippen molar-refractivity contribution in [2.75, 3.05) is 25.4 Å². The van der Waals surface area contributed by atoms with Gasteiger partial charge in [0, 0.05) is 24.2 Å². The van der Waals surface area contributed by atoms with E-state index in [0.717, 1.165) is 32.4 Å². The van der Waals surface area contributed by atoms with Gasteiger partial charge in [0.05, 0.1) is 29.8 Å². The van der Waals surface area contributed by atoms with E-state index in [4.69, 9.17) is 4.74 Å². The molecule has 0 heterocycles. The molecule has 6 nitrogen and oxygen atoms in total. The second-order valence-corrected chi connectivity index (χ2v) is 8.15. The van der Waals surface area contributed by atoms with Gasteiger partial charge in [0.15, 0.2) is 0 Å². The summed E-state index contributed by atoms with van der Waals surface area (Å²) in [5, 5.41) is 0. The molecule has 0 radical (unpaired) electrons. The molecule has 142 valence electrons. The van der Waals surface area contributed by atoms with Crippen LogP contribution in [0.2, 0.25) is 0 Å². The molecule has 0 spiro atoms. The zero-order chi connectivity index (χ0) is 18.8. The van der Waals surface area contributed by atoms with Gasteiger partial charge in [-0.1, -0.05) is 26.8 Å². The van der Waals surface area contributed by atoms with Gasteiger partial charge in [-0.3, -0.25) is 0 Å². The maximum absolute atomic E-state index is 11.6. The lowest BCUT2D eigenvalue weighted by atomic mass is 10.0. The van der Waals surface area contributed by atoms with Crippen molar-refractivity contribution >= 4 is 16.1 Å². The first-order chi connectivity index (χ1) is 11.1. The van der Waals surface area contributed by atoms with Crippen molar-refractivity contribution in [3.8, 4) is 0 Å². The van der Waals surface area contributed by atoms with Crippen molar-refractivity contribution in [2.24, 2.45) is 5.92 Å². The van der Waals surface area contributed by atoms with E-state index in [1.807, 2.05) is 13.8 Å². The van der Waals surface area contributed by atoms with E-state index in [9.17, 15) is 17.8 Å². The van der Waals surface area contributed by atoms with E-state index in [-0.39, 0.29) is 23.7 Å². The Kier molecular flexibility index (Phi) is 11.2. The number of quaternary nitrogens is 1. The van der Waals surface area contributed by atoms with Crippen LogP contribution in [-0.4, -0.2) is 50.4 Å². The summed E-state index contributed by atoms with van der Waals surface area (Å²) in [6.45, 7) is 13.7. The van der Waals surface area contributed by atoms with Gasteiger partial charge < -0.3 is 14.2 Å². The number of carbonyl (C=O) groups is 1. The normalized spacial score (nSPS) is 15.5. The highest BCUT2D eigenvalue weighted by atomic mass is 32.2. The first-order valence-electron chi connectivity index (χ1n) is 8.70. The van der Waals surface area contributed by atoms with E-state index in [2.05, 4.69) is 13.5 Å². The summed E-state index contributed by atoms with van der Waals surface area (Å²) in [7, 11) is -4.14. The topological polar surface area (TPSA) is 87.9 Å². The molecule has 3 atom stereocenters. The largest absolute Gasteiger partial charge is 0.748 e. The van der Waals surface area contributed by atoms with E-state index >= 15 is 0 Å². The molecular formula is C17H33NO5S. The highest BCUT2D eigenvalue weighted by molar-refractivity contribution is 7.85. The Morgan fingerprint density at radius 1 is 1.21 bits per heavy atom. The molecule has 3 unspecified atom stereocenters. The van der Waals surface area contributed by atoms with Crippen molar-refractivity contribution in [2.45, 2.75) is 59.5 Å². The molecule has 0 aromatic carbocycles. The molecule has 0 rings (SSSR count). The van der Waals surface area contributed by atoms with E-state index < -0.39 is 10.1 Å². The molecule has 0 saturated carbocycles. The first kappa shape index (κ1) is 23.1. The summed E-state index contributed by atoms with van der Waals surface area (Å²) in [6, 6.07) is 0. The molecule has 0 saturated heterocycles. The molecular weight excluding hydrogens is 330 g/mol. The minimum absolute atomic E-state index is 0.191. The third-order valence-electron chi connectivity index (χ3n) is 4.20. The average Bonchev–Trinajstić information content (AvgIpc) is 2.47. The van der Waals surface area contributed by atoms with Gasteiger partial charge in [-0.15, -0.1) is 0 Å². The number of nitrogens with one attached hydrogen (secondary N) is 1. The maximum atomic E-state index is 11.6. The fourth-order valence-corrected chi connectivity index (χ4v) is 2.85. The zero-order valence-corrected chi connectivity index (χ0v) is 16.3. The van der Waals surface area contributed by atoms with Crippen molar-refractivity contribution in [3.63, 3.8) is 0 Å². The smallest absolute Gasteiger partial charge is 0.333 e. The third kappa shape index (κ3) is 11.6. The lowest BCUT2D eigenvalue weighted by Gasteiger charge is -2.24. The maximum Gasteiger partial charge on any atom is 0.333 e. The Labute approximate surface area is 147 Å². The molecule has 0 aliphatic heterocycles. The minimum Gasteiger partial charge on any atom is -0.748 e. The molecule has 24 heavy (non-hydrogen) atoms. The Hall–Kier alpha value is -0.920. The van der Waals surface area contributed by atoms with Crippen LogP contribution < -0.4 is 4.90 Å². The fraction of sp³-hybridized carbons (Fsp3) is 0.824. The molecule has 0 amide bonds. The average molecular weight is 364 g/mol. The van der Waals surface area contributed by atoms with Gasteiger partial charge >= 0.3 is 5.97 Å². The summed E-state index contributed by atoms with van der Waals surface area (Å²) in [5.41, 5.74) is 0.392. The Morgan fingerprint density at radius 2 is 1.79 bits per heavy atom. The van der Waals surface area contributed by atoms with Crippen LogP contribution in [0.25, 0.3) is 0 Å². The number of hydrogen-bond acceptors (Lipinski definition) is 5. The fourth-order valence-electron chi connectivity index (χ4n) is 2.35. The summed E-state index contributed by atoms with van der Waals surface area (Å²) in [5.74, 6) is -0.469. The van der Waals surface area contributed by atoms with Gasteiger partial charge in [-0.2, -0.15) is 0 Å². The van der Waals surface area contributed by atoms with Gasteiger partial charge in [0.2, 0.25) is 0 Å². The summed E-state index contributed by atoms with van der Waals surface area (Å²) in [4.78, 5) is 12.9. The number of esters is 1. The first-order valence-corrected chi connectivity index (χ1v) is 10.3. The van der Waals surface area contributed by atoms with E-state index in [1.54, 1.807) is 6.92 Å². The van der Waals surface area contributed by atoms with Crippen molar-refractivity contribution in [1.29, 1.82) is 0 Å². The van der Waals surface area contributed by atoms with Crippen LogP contribution >= 0.6 is 0 Å². The number of unbranched alkanes of at least 4 members (excludes halogenated alkanes) is 1. The summed E-state index contributed by atoms with van der Waals surface area (Å²) in [6.07, 6.45) is 3.20. The monoisotopic (exact) mass is 363 g/mol. The van der Waals surface area contributed by atoms with Crippen LogP contribution in [0.4, 0.5) is 0 Å². The molecule has 7 heteroatoms. The predicted molar refractivity (Wildman–Crippen MR) is 93.8 cm³/mol. The standard InChI is InChI=1S/C17H33NO5S/c1-6-7-10-18(11-8-13-24(20,21)22)12-9-15(4)16(5)23-17(19)14(2)3/h15-16H,2,6-13H2,1,3-5H3,(H,20,21,22). The molecule has 1 N–H and O–H groups in total. The van der Waals surface area contributed by atoms with Crippen LogP contribution in [-0.2, 0) is 19.6 Å². The van der Waals surface area contributed by atoms with Crippen molar-refractivity contribution < 1.29 is 27.4 Å². The molecule has 0 aliphatic rings. The molecule has 0 aromatic heterocycles. The Morgan fingerprint density at radius 3 is 2.29 bits per heavy atom. The highest BCUT2D eigenvalue weighted by Gasteiger charge is 2.19. The van der Waals surface area contributed by atoms with Gasteiger partial charge in [-0.25, -0.2) is 13.2 Å². The van der Waals surface area contributed by atoms with Gasteiger partial charge in [0.25, 0.3) is 0 Å². The summed E-state index contributed by atoms with van der Waals surface area (Å²) < 4.78 is 37.5. The summed E-state index contributed by atoms with van der Waals surface area (Å²) >= 11 is 0. The van der Waals surface area contributed by atoms with Crippen LogP contribution in [0.1, 0.15) is 53.4 Å². The molecule has 0 aromatic rings. The van der Waals surface area contributed by atoms with Crippen LogP contribution in [0.15, 0.2) is 12.2 Å². The molecule has 0 bridgehead atoms. The van der Waals surface area contributed by atoms with Crippen LogP contribution in [0.5, 0.6) is 0 Å². The lowest BCUT2D eigenvalue weighted by molar-refractivity contribution is -0.901. The Balaban J connectivity index is 4.36. The predicted octanol–water partition coefficient (Wildman–Crippen LogP) is 1.14. The number of rotatable bonds is 13. The minimum atomic E-state index is -4.14. The van der Waals surface area contributed by atoms with Gasteiger partial charge in [0.1, 0.15) is 6.10 Å². The number of hydrogen-bond donors (Lipinski definition) is 1. The third-order valence-corrected chi connectivity index (χ3v) is 4.99. The Bertz CT molecular complexity index is 489. The van der Waals surface area contributed by atoms with Crippen molar-refractivity contribution in [1.82, 2.24) is 0 Å². The van der Waals surface area contributed by atoms with Crippen molar-refractivity contribution in [3.05, 3.63) is 12.2 Å². The second-order valence-electron chi connectivity index (χ2n) is 6.63. The van der Waals surface area contributed by atoms with Crippen LogP contribution in [0, 0.1) is 5.92 Å².